The van der Waals surface area contributed by atoms with E-state index in [2.05, 4.69) is 20.9 Å². The Labute approximate surface area is 243 Å². The van der Waals surface area contributed by atoms with Gasteiger partial charge in [-0.25, -0.2) is 0 Å². The first kappa shape index (κ1) is 27.7. The Morgan fingerprint density at radius 3 is 2.52 bits per heavy atom. The van der Waals surface area contributed by atoms with Crippen LogP contribution in [0.25, 0.3) is 10.9 Å². The molecule has 1 aliphatic carbocycles. The number of carbonyl (C=O) groups excluding carboxylic acids is 5. The number of nitrogens with one attached hydrogen (secondary N) is 4. The van der Waals surface area contributed by atoms with Crippen LogP contribution in [0.15, 0.2) is 60.7 Å². The molecule has 10 heteroatoms. The molecule has 5 atom stereocenters. The second-order valence-corrected chi connectivity index (χ2v) is 11.6. The lowest BCUT2D eigenvalue weighted by atomic mass is 9.91. The number of carbonyl (C=O) groups is 5. The molecule has 0 bridgehead atoms. The van der Waals surface area contributed by atoms with Gasteiger partial charge in [-0.05, 0) is 55.2 Å². The molecule has 2 aliphatic heterocycles. The summed E-state index contributed by atoms with van der Waals surface area (Å²) in [7, 11) is 0. The molecular formula is C32H35N5O5. The quantitative estimate of drug-likeness (QED) is 0.293. The highest BCUT2D eigenvalue weighted by molar-refractivity contribution is 6.38. The minimum atomic E-state index is -1.19. The van der Waals surface area contributed by atoms with Crippen LogP contribution in [0.5, 0.6) is 0 Å². The number of likely N-dealkylation sites (tertiary alicyclic amines) is 1. The fourth-order valence-corrected chi connectivity index (χ4v) is 6.86. The number of H-pyrrole nitrogens is 1. The summed E-state index contributed by atoms with van der Waals surface area (Å²) in [6.07, 6.45) is 3.24. The number of aromatic amines is 1. The van der Waals surface area contributed by atoms with Gasteiger partial charge in [0.1, 0.15) is 11.7 Å². The highest BCUT2D eigenvalue weighted by Gasteiger charge is 2.50. The third-order valence-electron chi connectivity index (χ3n) is 9.02. The topological polar surface area (TPSA) is 140 Å². The molecule has 0 radical (unpaired) electrons. The summed E-state index contributed by atoms with van der Waals surface area (Å²) in [5.41, 5.74) is 2.08. The van der Waals surface area contributed by atoms with Gasteiger partial charge >= 0.3 is 0 Å². The monoisotopic (exact) mass is 569 g/mol. The second-order valence-electron chi connectivity index (χ2n) is 11.6. The van der Waals surface area contributed by atoms with Gasteiger partial charge in [0.05, 0.1) is 6.04 Å². The third kappa shape index (κ3) is 5.53. The summed E-state index contributed by atoms with van der Waals surface area (Å²) in [6.45, 7) is 1.10. The first-order valence-corrected chi connectivity index (χ1v) is 14.7. The van der Waals surface area contributed by atoms with Crippen molar-refractivity contribution in [3.8, 4) is 0 Å². The fraction of sp³-hybridized carbons (Fsp3) is 0.406. The van der Waals surface area contributed by atoms with E-state index in [0.717, 1.165) is 35.7 Å². The molecule has 2 saturated heterocycles. The van der Waals surface area contributed by atoms with Crippen LogP contribution in [0.1, 0.15) is 48.2 Å². The van der Waals surface area contributed by atoms with Crippen LogP contribution in [0.2, 0.25) is 0 Å². The summed E-state index contributed by atoms with van der Waals surface area (Å²) in [4.78, 5) is 71.3. The average molecular weight is 570 g/mol. The van der Waals surface area contributed by atoms with Gasteiger partial charge in [0.2, 0.25) is 17.6 Å². The summed E-state index contributed by atoms with van der Waals surface area (Å²) in [5, 5.41) is 9.14. The number of rotatable bonds is 9. The maximum absolute atomic E-state index is 14.0. The Kier molecular flexibility index (Phi) is 7.78. The number of hydrogen-bond donors (Lipinski definition) is 4. The third-order valence-corrected chi connectivity index (χ3v) is 9.02. The Morgan fingerprint density at radius 1 is 0.976 bits per heavy atom. The van der Waals surface area contributed by atoms with Gasteiger partial charge in [-0.15, -0.1) is 0 Å². The van der Waals surface area contributed by atoms with Crippen molar-refractivity contribution < 1.29 is 24.0 Å². The zero-order chi connectivity index (χ0) is 29.2. The Morgan fingerprint density at radius 2 is 1.76 bits per heavy atom. The van der Waals surface area contributed by atoms with E-state index >= 15 is 0 Å². The van der Waals surface area contributed by atoms with Crippen LogP contribution in [-0.4, -0.2) is 64.5 Å². The molecule has 4 N–H and O–H groups in total. The molecule has 6 rings (SSSR count). The highest BCUT2D eigenvalue weighted by atomic mass is 16.2. The first-order valence-electron chi connectivity index (χ1n) is 14.7. The van der Waals surface area contributed by atoms with Crippen molar-refractivity contribution >= 4 is 40.3 Å². The van der Waals surface area contributed by atoms with Crippen molar-refractivity contribution in [2.75, 3.05) is 13.1 Å². The number of para-hydroxylation sites is 1. The van der Waals surface area contributed by atoms with E-state index in [4.69, 9.17) is 0 Å². The Hall–Kier alpha value is -4.47. The van der Waals surface area contributed by atoms with Crippen molar-refractivity contribution in [1.29, 1.82) is 0 Å². The number of nitrogens with zero attached hydrogens (tertiary/aromatic N) is 1. The fourth-order valence-electron chi connectivity index (χ4n) is 6.86. The molecule has 1 saturated carbocycles. The minimum absolute atomic E-state index is 0.0198. The summed E-state index contributed by atoms with van der Waals surface area (Å²) < 4.78 is 0. The van der Waals surface area contributed by atoms with Gasteiger partial charge < -0.3 is 25.8 Å². The van der Waals surface area contributed by atoms with Crippen LogP contribution < -0.4 is 16.0 Å². The molecular weight excluding hydrogens is 534 g/mol. The normalized spacial score (nSPS) is 23.8. The molecule has 42 heavy (non-hydrogen) atoms. The molecule has 10 nitrogen and oxygen atoms in total. The van der Waals surface area contributed by atoms with E-state index in [9.17, 15) is 24.0 Å². The lowest BCUT2D eigenvalue weighted by molar-refractivity contribution is -0.141. The molecule has 218 valence electrons. The lowest BCUT2D eigenvalue weighted by Crippen LogP contribution is -2.55. The second kappa shape index (κ2) is 11.8. The van der Waals surface area contributed by atoms with Gasteiger partial charge in [0.15, 0.2) is 0 Å². The molecule has 0 spiro atoms. The number of ketones is 1. The molecule has 3 aromatic rings. The molecule has 2 aromatic carbocycles. The van der Waals surface area contributed by atoms with E-state index in [-0.39, 0.29) is 36.6 Å². The standard InChI is InChI=1S/C32H35N5O5/c38-28(31(41)34-17-19-7-2-1-3-8-19)25(16-21-13-14-33-29(21)39)36-30(40)27-23-11-6-10-22(23)18-37(27)32(42)26-15-20-9-4-5-12-24(20)35-26/h1-5,7-9,12,15,21-23,25,27,35H,6,10-11,13-14,16-18H2,(H,33,39)(H,34,41)(H,36,40)/t21-,22-,23-,25?,27-/m0/s1. The predicted molar refractivity (Wildman–Crippen MR) is 155 cm³/mol. The first-order chi connectivity index (χ1) is 20.4. The van der Waals surface area contributed by atoms with Crippen LogP contribution in [-0.2, 0) is 25.7 Å². The van der Waals surface area contributed by atoms with E-state index in [1.165, 1.54) is 0 Å². The molecule has 1 unspecified atom stereocenters. The van der Waals surface area contributed by atoms with Crippen LogP contribution >= 0.6 is 0 Å². The molecule has 1 aromatic heterocycles. The Balaban J connectivity index is 1.22. The van der Waals surface area contributed by atoms with Crippen molar-refractivity contribution in [1.82, 2.24) is 25.8 Å². The van der Waals surface area contributed by atoms with Crippen molar-refractivity contribution in [3.05, 3.63) is 71.9 Å². The molecule has 3 fully saturated rings. The summed E-state index contributed by atoms with van der Waals surface area (Å²) in [6, 6.07) is 16.7. The van der Waals surface area contributed by atoms with Gasteiger partial charge in [0.25, 0.3) is 11.8 Å². The number of benzene rings is 2. The van der Waals surface area contributed by atoms with E-state index in [1.807, 2.05) is 54.6 Å². The summed E-state index contributed by atoms with van der Waals surface area (Å²) >= 11 is 0. The van der Waals surface area contributed by atoms with E-state index < -0.39 is 35.6 Å². The summed E-state index contributed by atoms with van der Waals surface area (Å²) in [5.74, 6) is -2.87. The number of amides is 4. The van der Waals surface area contributed by atoms with Gasteiger partial charge in [-0.1, -0.05) is 55.0 Å². The highest BCUT2D eigenvalue weighted by Crippen LogP contribution is 2.43. The molecule has 3 heterocycles. The van der Waals surface area contributed by atoms with Crippen LogP contribution in [0.4, 0.5) is 0 Å². The zero-order valence-electron chi connectivity index (χ0n) is 23.3. The minimum Gasteiger partial charge on any atom is -0.356 e. The average Bonchev–Trinajstić information content (AvgIpc) is 3.79. The smallest absolute Gasteiger partial charge is 0.289 e. The van der Waals surface area contributed by atoms with Crippen molar-refractivity contribution in [2.45, 2.75) is 50.7 Å². The van der Waals surface area contributed by atoms with Crippen molar-refractivity contribution in [2.24, 2.45) is 17.8 Å². The zero-order valence-corrected chi connectivity index (χ0v) is 23.3. The molecule has 4 amide bonds. The SMILES string of the molecule is O=C(NCc1ccccc1)C(=O)C(C[C@@H]1CCNC1=O)NC(=O)[C@@H]1[C@H]2CCC[C@H]2CN1C(=O)c1cc2ccccc2[nH]1. The van der Waals surface area contributed by atoms with Gasteiger partial charge in [0, 0.05) is 36.5 Å². The van der Waals surface area contributed by atoms with Crippen molar-refractivity contribution in [3.63, 3.8) is 0 Å². The number of aromatic nitrogens is 1. The maximum Gasteiger partial charge on any atom is 0.289 e. The van der Waals surface area contributed by atoms with Crippen LogP contribution in [0, 0.1) is 17.8 Å². The van der Waals surface area contributed by atoms with Gasteiger partial charge in [-0.3, -0.25) is 24.0 Å². The number of fused-ring (bicyclic) bond motifs is 2. The van der Waals surface area contributed by atoms with Crippen LogP contribution in [0.3, 0.4) is 0 Å². The lowest BCUT2D eigenvalue weighted by Gasteiger charge is -2.29. The molecule has 3 aliphatic rings. The number of hydrogen-bond acceptors (Lipinski definition) is 5. The predicted octanol–water partition coefficient (Wildman–Crippen LogP) is 2.31. The largest absolute Gasteiger partial charge is 0.356 e. The van der Waals surface area contributed by atoms with E-state index in [0.29, 0.717) is 25.2 Å². The maximum atomic E-state index is 14.0. The van der Waals surface area contributed by atoms with E-state index in [1.54, 1.807) is 11.0 Å². The van der Waals surface area contributed by atoms with Gasteiger partial charge in [-0.2, -0.15) is 0 Å². The Bertz CT molecular complexity index is 1480. The number of Topliss-reactive ketones (excluding diaryl/α,β-unsaturated/α-hetero) is 1.